The number of hydrogen-bond donors (Lipinski definition) is 0. The summed E-state index contributed by atoms with van der Waals surface area (Å²) in [6.07, 6.45) is 1.47. The second kappa shape index (κ2) is 8.69. The summed E-state index contributed by atoms with van der Waals surface area (Å²) in [5.74, 6) is 1.01. The van der Waals surface area contributed by atoms with Crippen molar-refractivity contribution in [1.29, 1.82) is 0 Å². The summed E-state index contributed by atoms with van der Waals surface area (Å²) in [6, 6.07) is 7.75. The Labute approximate surface area is 111 Å². The van der Waals surface area contributed by atoms with Crippen molar-refractivity contribution in [1.82, 2.24) is 0 Å². The van der Waals surface area contributed by atoms with Crippen LogP contribution in [0.2, 0.25) is 0 Å². The molecule has 0 aliphatic heterocycles. The number of rotatable bonds is 8. The number of methoxy groups -OCH3 is 1. The van der Waals surface area contributed by atoms with Crippen LogP contribution in [0.5, 0.6) is 5.75 Å². The molecule has 0 amide bonds. The van der Waals surface area contributed by atoms with Crippen molar-refractivity contribution in [2.75, 3.05) is 20.2 Å². The fourth-order valence-corrected chi connectivity index (χ4v) is 1.87. The highest BCUT2D eigenvalue weighted by Crippen LogP contribution is 2.25. The molecule has 0 saturated heterocycles. The average molecular weight is 260 g/mol. The van der Waals surface area contributed by atoms with E-state index in [0.717, 1.165) is 24.2 Å². The number of benzene rings is 1. The van der Waals surface area contributed by atoms with Crippen LogP contribution in [-0.2, 0) is 0 Å². The smallest absolute Gasteiger partial charge is 0.118 e. The monoisotopic (exact) mass is 260 g/mol. The molecule has 0 bridgehead atoms. The molecule has 1 aromatic rings. The van der Waals surface area contributed by atoms with Gasteiger partial charge in [0.15, 0.2) is 0 Å². The fraction of sp³-hybridized carbons (Fsp3) is 0.500. The minimum atomic E-state index is 0.210. The summed E-state index contributed by atoms with van der Waals surface area (Å²) in [6.45, 7) is 0.868. The SMILES string of the molecule is COc1ccc(C(CCN=[N+]=[N-])CCN=[N+]=[N-])cc1. The molecule has 0 atom stereocenters. The van der Waals surface area contributed by atoms with Gasteiger partial charge in [-0.1, -0.05) is 22.4 Å². The molecule has 100 valence electrons. The maximum Gasteiger partial charge on any atom is 0.118 e. The zero-order valence-electron chi connectivity index (χ0n) is 10.8. The Bertz CT molecular complexity index is 451. The van der Waals surface area contributed by atoms with Crippen LogP contribution >= 0.6 is 0 Å². The van der Waals surface area contributed by atoms with Crippen molar-refractivity contribution in [2.45, 2.75) is 18.8 Å². The quantitative estimate of drug-likeness (QED) is 0.390. The Morgan fingerprint density at radius 3 is 2.00 bits per heavy atom. The standard InChI is InChI=1S/C12H16N6O/c1-19-12-4-2-10(3-5-12)11(6-8-15-17-13)7-9-16-18-14/h2-5,11H,6-9H2,1H3. The molecule has 0 aliphatic carbocycles. The van der Waals surface area contributed by atoms with Crippen molar-refractivity contribution >= 4 is 0 Å². The van der Waals surface area contributed by atoms with Gasteiger partial charge in [-0.05, 0) is 47.5 Å². The second-order valence-electron chi connectivity index (χ2n) is 3.96. The third-order valence-corrected chi connectivity index (χ3v) is 2.87. The van der Waals surface area contributed by atoms with E-state index in [1.165, 1.54) is 0 Å². The van der Waals surface area contributed by atoms with E-state index in [0.29, 0.717) is 13.1 Å². The minimum Gasteiger partial charge on any atom is -0.497 e. The van der Waals surface area contributed by atoms with E-state index in [1.807, 2.05) is 24.3 Å². The lowest BCUT2D eigenvalue weighted by Crippen LogP contribution is -2.02. The second-order valence-corrected chi connectivity index (χ2v) is 3.96. The average Bonchev–Trinajstić information content (AvgIpc) is 2.46. The molecule has 19 heavy (non-hydrogen) atoms. The van der Waals surface area contributed by atoms with Gasteiger partial charge in [-0.3, -0.25) is 0 Å². The maximum absolute atomic E-state index is 8.31. The van der Waals surface area contributed by atoms with Crippen LogP contribution in [0.25, 0.3) is 20.9 Å². The molecule has 1 rings (SSSR count). The Kier molecular flexibility index (Phi) is 6.72. The molecule has 0 saturated carbocycles. The van der Waals surface area contributed by atoms with E-state index >= 15 is 0 Å². The van der Waals surface area contributed by atoms with Gasteiger partial charge in [0.25, 0.3) is 0 Å². The highest BCUT2D eigenvalue weighted by molar-refractivity contribution is 5.29. The molecule has 0 fully saturated rings. The van der Waals surface area contributed by atoms with Crippen LogP contribution in [0.4, 0.5) is 0 Å². The van der Waals surface area contributed by atoms with Crippen LogP contribution < -0.4 is 4.74 Å². The first kappa shape index (κ1) is 14.7. The molecule has 0 N–H and O–H groups in total. The minimum absolute atomic E-state index is 0.210. The van der Waals surface area contributed by atoms with Gasteiger partial charge < -0.3 is 4.74 Å². The lowest BCUT2D eigenvalue weighted by Gasteiger charge is -2.15. The van der Waals surface area contributed by atoms with Crippen molar-refractivity contribution in [3.63, 3.8) is 0 Å². The normalized spacial score (nSPS) is 11.0. The van der Waals surface area contributed by atoms with E-state index in [2.05, 4.69) is 20.1 Å². The first-order valence-electron chi connectivity index (χ1n) is 5.97. The molecule has 7 nitrogen and oxygen atoms in total. The van der Waals surface area contributed by atoms with Gasteiger partial charge in [0.2, 0.25) is 0 Å². The molecule has 1 aromatic carbocycles. The molecule has 0 unspecified atom stereocenters. The van der Waals surface area contributed by atoms with Crippen molar-refractivity contribution in [2.24, 2.45) is 10.2 Å². The fourth-order valence-electron chi connectivity index (χ4n) is 1.87. The Morgan fingerprint density at radius 1 is 1.05 bits per heavy atom. The number of hydrogen-bond acceptors (Lipinski definition) is 3. The molecular weight excluding hydrogens is 244 g/mol. The molecular formula is C12H16N6O. The highest BCUT2D eigenvalue weighted by Gasteiger charge is 2.10. The van der Waals surface area contributed by atoms with Gasteiger partial charge in [0, 0.05) is 22.9 Å². The van der Waals surface area contributed by atoms with E-state index in [-0.39, 0.29) is 5.92 Å². The van der Waals surface area contributed by atoms with E-state index < -0.39 is 0 Å². The topological polar surface area (TPSA) is 107 Å². The van der Waals surface area contributed by atoms with E-state index in [9.17, 15) is 0 Å². The molecule has 0 aromatic heterocycles. The molecule has 0 spiro atoms. The largest absolute Gasteiger partial charge is 0.497 e. The van der Waals surface area contributed by atoms with Gasteiger partial charge in [0.05, 0.1) is 7.11 Å². The zero-order valence-corrected chi connectivity index (χ0v) is 10.8. The summed E-state index contributed by atoms with van der Waals surface area (Å²) < 4.78 is 5.11. The predicted molar refractivity (Wildman–Crippen MR) is 73.0 cm³/mol. The Hall–Kier alpha value is -2.36. The number of azide groups is 2. The van der Waals surface area contributed by atoms with Crippen LogP contribution in [0.3, 0.4) is 0 Å². The summed E-state index contributed by atoms with van der Waals surface area (Å²) in [5.41, 5.74) is 17.7. The Balaban J connectivity index is 2.73. The summed E-state index contributed by atoms with van der Waals surface area (Å²) in [5, 5.41) is 7.10. The van der Waals surface area contributed by atoms with Gasteiger partial charge in [-0.25, -0.2) is 0 Å². The summed E-state index contributed by atoms with van der Waals surface area (Å²) in [7, 11) is 1.62. The van der Waals surface area contributed by atoms with Gasteiger partial charge in [0.1, 0.15) is 5.75 Å². The third-order valence-electron chi connectivity index (χ3n) is 2.87. The first-order chi connectivity index (χ1) is 9.31. The van der Waals surface area contributed by atoms with Crippen molar-refractivity contribution in [3.8, 4) is 5.75 Å². The van der Waals surface area contributed by atoms with E-state index in [1.54, 1.807) is 7.11 Å². The van der Waals surface area contributed by atoms with Gasteiger partial charge in [-0.15, -0.1) is 0 Å². The molecule has 0 aliphatic rings. The summed E-state index contributed by atoms with van der Waals surface area (Å²) in [4.78, 5) is 5.50. The zero-order chi connectivity index (χ0) is 13.9. The maximum atomic E-state index is 8.31. The van der Waals surface area contributed by atoms with Crippen molar-refractivity contribution in [3.05, 3.63) is 50.7 Å². The molecule has 0 radical (unpaired) electrons. The van der Waals surface area contributed by atoms with Crippen LogP contribution in [0, 0.1) is 0 Å². The van der Waals surface area contributed by atoms with Gasteiger partial charge in [-0.2, -0.15) is 0 Å². The van der Waals surface area contributed by atoms with Crippen LogP contribution in [0.1, 0.15) is 24.3 Å². The number of ether oxygens (including phenoxy) is 1. The van der Waals surface area contributed by atoms with Crippen molar-refractivity contribution < 1.29 is 4.74 Å². The molecule has 0 heterocycles. The third kappa shape index (κ3) is 5.21. The predicted octanol–water partition coefficient (Wildman–Crippen LogP) is 4.18. The van der Waals surface area contributed by atoms with Gasteiger partial charge >= 0.3 is 0 Å². The Morgan fingerprint density at radius 2 is 1.58 bits per heavy atom. The lowest BCUT2D eigenvalue weighted by molar-refractivity contribution is 0.414. The summed E-state index contributed by atoms with van der Waals surface area (Å²) >= 11 is 0. The molecule has 7 heteroatoms. The lowest BCUT2D eigenvalue weighted by atomic mass is 9.92. The van der Waals surface area contributed by atoms with Crippen LogP contribution in [-0.4, -0.2) is 20.2 Å². The van der Waals surface area contributed by atoms with Crippen LogP contribution in [0.15, 0.2) is 34.5 Å². The highest BCUT2D eigenvalue weighted by atomic mass is 16.5. The number of nitrogens with zero attached hydrogens (tertiary/aromatic N) is 6. The first-order valence-corrected chi connectivity index (χ1v) is 5.97. The van der Waals surface area contributed by atoms with E-state index in [4.69, 9.17) is 15.8 Å².